The molecule has 0 fully saturated rings. The first-order valence-electron chi connectivity index (χ1n) is 5.69. The maximum Gasteiger partial charge on any atom is 0.307 e. The molecule has 3 nitrogen and oxygen atoms in total. The molecule has 1 heterocycles. The van der Waals surface area contributed by atoms with E-state index in [0.29, 0.717) is 6.10 Å². The van der Waals surface area contributed by atoms with Crippen molar-refractivity contribution in [1.29, 1.82) is 0 Å². The van der Waals surface area contributed by atoms with Crippen LogP contribution in [-0.4, -0.2) is 17.2 Å². The number of hydrogen-bond acceptors (Lipinski definition) is 2. The highest BCUT2D eigenvalue weighted by Gasteiger charge is 2.18. The Morgan fingerprint density at radius 1 is 1.56 bits per heavy atom. The Bertz CT molecular complexity index is 398. The van der Waals surface area contributed by atoms with Crippen LogP contribution in [0.15, 0.2) is 18.2 Å². The van der Waals surface area contributed by atoms with Crippen LogP contribution in [0.25, 0.3) is 0 Å². The van der Waals surface area contributed by atoms with Crippen LogP contribution >= 0.6 is 0 Å². The van der Waals surface area contributed by atoms with Crippen LogP contribution in [0.5, 0.6) is 5.75 Å². The smallest absolute Gasteiger partial charge is 0.307 e. The number of aliphatic carboxylic acids is 1. The summed E-state index contributed by atoms with van der Waals surface area (Å²) in [7, 11) is 0. The van der Waals surface area contributed by atoms with Gasteiger partial charge in [-0.2, -0.15) is 0 Å². The number of fused-ring (bicyclic) bond motifs is 1. The molecule has 0 bridgehead atoms. The molecule has 1 aliphatic heterocycles. The van der Waals surface area contributed by atoms with E-state index in [4.69, 9.17) is 9.84 Å². The van der Waals surface area contributed by atoms with E-state index in [1.54, 1.807) is 0 Å². The minimum Gasteiger partial charge on any atom is -0.490 e. The molecule has 0 amide bonds. The number of rotatable bonds is 3. The Kier molecular flexibility index (Phi) is 3.13. The van der Waals surface area contributed by atoms with Gasteiger partial charge in [0, 0.05) is 0 Å². The van der Waals surface area contributed by atoms with Crippen molar-refractivity contribution in [3.8, 4) is 5.75 Å². The topological polar surface area (TPSA) is 46.5 Å². The number of hydrogen-bond donors (Lipinski definition) is 1. The molecule has 1 aromatic rings. The normalized spacial score (nSPS) is 18.7. The van der Waals surface area contributed by atoms with E-state index >= 15 is 0 Å². The molecule has 16 heavy (non-hydrogen) atoms. The van der Waals surface area contributed by atoms with Crippen molar-refractivity contribution in [3.05, 3.63) is 29.3 Å². The molecule has 1 aromatic carbocycles. The Balaban J connectivity index is 2.18. The lowest BCUT2D eigenvalue weighted by Gasteiger charge is -2.25. The van der Waals surface area contributed by atoms with E-state index in [2.05, 4.69) is 6.92 Å². The third-order valence-electron chi connectivity index (χ3n) is 2.96. The van der Waals surface area contributed by atoms with Gasteiger partial charge >= 0.3 is 5.97 Å². The summed E-state index contributed by atoms with van der Waals surface area (Å²) < 4.78 is 5.79. The van der Waals surface area contributed by atoms with E-state index in [0.717, 1.165) is 36.1 Å². The molecule has 1 atom stereocenters. The van der Waals surface area contributed by atoms with Crippen molar-refractivity contribution in [2.75, 3.05) is 0 Å². The fraction of sp³-hybridized carbons (Fsp3) is 0.462. The van der Waals surface area contributed by atoms with E-state index in [9.17, 15) is 4.79 Å². The van der Waals surface area contributed by atoms with Crippen LogP contribution < -0.4 is 4.74 Å². The van der Waals surface area contributed by atoms with Crippen LogP contribution in [-0.2, 0) is 17.6 Å². The Morgan fingerprint density at radius 3 is 3.06 bits per heavy atom. The molecular weight excluding hydrogens is 204 g/mol. The molecule has 1 N–H and O–H groups in total. The van der Waals surface area contributed by atoms with Gasteiger partial charge in [0.25, 0.3) is 0 Å². The van der Waals surface area contributed by atoms with Crippen LogP contribution in [0.2, 0.25) is 0 Å². The van der Waals surface area contributed by atoms with Crippen molar-refractivity contribution in [3.63, 3.8) is 0 Å². The van der Waals surface area contributed by atoms with Gasteiger partial charge in [-0.15, -0.1) is 0 Å². The van der Waals surface area contributed by atoms with Gasteiger partial charge in [0.15, 0.2) is 0 Å². The second-order valence-electron chi connectivity index (χ2n) is 4.20. The average molecular weight is 220 g/mol. The SMILES string of the molecule is CCC1CCc2cc(CC(=O)O)ccc2O1. The molecule has 86 valence electrons. The number of aryl methyl sites for hydroxylation is 1. The summed E-state index contributed by atoms with van der Waals surface area (Å²) in [5, 5.41) is 8.72. The molecular formula is C13H16O3. The summed E-state index contributed by atoms with van der Waals surface area (Å²) in [5.41, 5.74) is 1.99. The maximum absolute atomic E-state index is 10.6. The van der Waals surface area contributed by atoms with E-state index < -0.39 is 5.97 Å². The van der Waals surface area contributed by atoms with Crippen LogP contribution in [0.3, 0.4) is 0 Å². The standard InChI is InChI=1S/C13H16O3/c1-2-11-5-4-10-7-9(8-13(14)15)3-6-12(10)16-11/h3,6-7,11H,2,4-5,8H2,1H3,(H,14,15). The van der Waals surface area contributed by atoms with Gasteiger partial charge in [0.1, 0.15) is 5.75 Å². The lowest BCUT2D eigenvalue weighted by atomic mass is 9.98. The average Bonchev–Trinajstić information content (AvgIpc) is 2.27. The minimum absolute atomic E-state index is 0.0878. The number of ether oxygens (including phenoxy) is 1. The van der Waals surface area contributed by atoms with Gasteiger partial charge in [-0.05, 0) is 36.5 Å². The van der Waals surface area contributed by atoms with Gasteiger partial charge in [0.05, 0.1) is 12.5 Å². The third kappa shape index (κ3) is 2.35. The summed E-state index contributed by atoms with van der Waals surface area (Å²) in [5.74, 6) is 0.135. The van der Waals surface area contributed by atoms with Gasteiger partial charge in [-0.25, -0.2) is 0 Å². The minimum atomic E-state index is -0.789. The number of carbonyl (C=O) groups is 1. The molecule has 1 aliphatic rings. The van der Waals surface area contributed by atoms with E-state index in [1.165, 1.54) is 0 Å². The number of carboxylic acid groups (broad SMARTS) is 1. The largest absolute Gasteiger partial charge is 0.490 e. The predicted octanol–water partition coefficient (Wildman–Crippen LogP) is 2.42. The molecule has 1 unspecified atom stereocenters. The second kappa shape index (κ2) is 4.56. The summed E-state index contributed by atoms with van der Waals surface area (Å²) in [4.78, 5) is 10.6. The Morgan fingerprint density at radius 2 is 2.38 bits per heavy atom. The zero-order chi connectivity index (χ0) is 11.5. The van der Waals surface area contributed by atoms with Gasteiger partial charge in [0.2, 0.25) is 0 Å². The van der Waals surface area contributed by atoms with Crippen LogP contribution in [0.4, 0.5) is 0 Å². The fourth-order valence-electron chi connectivity index (χ4n) is 2.07. The van der Waals surface area contributed by atoms with Crippen molar-refractivity contribution in [1.82, 2.24) is 0 Å². The first-order chi connectivity index (χ1) is 7.69. The first kappa shape index (κ1) is 11.0. The lowest BCUT2D eigenvalue weighted by molar-refractivity contribution is -0.136. The Labute approximate surface area is 95.0 Å². The molecule has 0 radical (unpaired) electrons. The molecule has 2 rings (SSSR count). The van der Waals surface area contributed by atoms with Crippen molar-refractivity contribution in [2.24, 2.45) is 0 Å². The molecule has 0 saturated carbocycles. The third-order valence-corrected chi connectivity index (χ3v) is 2.96. The highest BCUT2D eigenvalue weighted by Crippen LogP contribution is 2.29. The van der Waals surface area contributed by atoms with E-state index in [-0.39, 0.29) is 6.42 Å². The quantitative estimate of drug-likeness (QED) is 0.850. The highest BCUT2D eigenvalue weighted by atomic mass is 16.5. The molecule has 0 aromatic heterocycles. The first-order valence-corrected chi connectivity index (χ1v) is 5.69. The summed E-state index contributed by atoms with van der Waals surface area (Å²) >= 11 is 0. The maximum atomic E-state index is 10.6. The van der Waals surface area contributed by atoms with Crippen molar-refractivity contribution < 1.29 is 14.6 Å². The molecule has 0 aliphatic carbocycles. The van der Waals surface area contributed by atoms with Crippen molar-refractivity contribution >= 4 is 5.97 Å². The lowest BCUT2D eigenvalue weighted by Crippen LogP contribution is -2.21. The van der Waals surface area contributed by atoms with Crippen LogP contribution in [0, 0.1) is 0 Å². The summed E-state index contributed by atoms with van der Waals surface area (Å²) in [6, 6.07) is 5.69. The molecule has 0 saturated heterocycles. The van der Waals surface area contributed by atoms with Gasteiger partial charge in [-0.1, -0.05) is 19.1 Å². The van der Waals surface area contributed by atoms with Gasteiger partial charge < -0.3 is 9.84 Å². The molecule has 3 heteroatoms. The summed E-state index contributed by atoms with van der Waals surface area (Å²) in [6.07, 6.45) is 3.44. The zero-order valence-electron chi connectivity index (χ0n) is 9.40. The van der Waals surface area contributed by atoms with E-state index in [1.807, 2.05) is 18.2 Å². The van der Waals surface area contributed by atoms with Gasteiger partial charge in [-0.3, -0.25) is 4.79 Å². The summed E-state index contributed by atoms with van der Waals surface area (Å²) in [6.45, 7) is 2.12. The Hall–Kier alpha value is -1.51. The predicted molar refractivity (Wildman–Crippen MR) is 60.8 cm³/mol. The monoisotopic (exact) mass is 220 g/mol. The van der Waals surface area contributed by atoms with Crippen LogP contribution in [0.1, 0.15) is 30.9 Å². The highest BCUT2D eigenvalue weighted by molar-refractivity contribution is 5.70. The second-order valence-corrected chi connectivity index (χ2v) is 4.20. The fourth-order valence-corrected chi connectivity index (χ4v) is 2.07. The number of benzene rings is 1. The molecule has 0 spiro atoms. The number of carboxylic acids is 1. The van der Waals surface area contributed by atoms with Crippen molar-refractivity contribution in [2.45, 2.75) is 38.7 Å². The zero-order valence-corrected chi connectivity index (χ0v) is 9.40.